The van der Waals surface area contributed by atoms with Crippen LogP contribution in [-0.4, -0.2) is 61.0 Å². The van der Waals surface area contributed by atoms with E-state index in [4.69, 9.17) is 19.3 Å². The highest BCUT2D eigenvalue weighted by atomic mass is 19.4. The summed E-state index contributed by atoms with van der Waals surface area (Å²) in [6.07, 6.45) is -6.67. The predicted octanol–water partition coefficient (Wildman–Crippen LogP) is 2.84. The number of aryl methyl sites for hydroxylation is 1. The van der Waals surface area contributed by atoms with Gasteiger partial charge in [-0.15, -0.1) is 0 Å². The first kappa shape index (κ1) is 20.3. The summed E-state index contributed by atoms with van der Waals surface area (Å²) in [5, 5.41) is 9.80. The van der Waals surface area contributed by atoms with Gasteiger partial charge < -0.3 is 23.9 Å². The molecule has 1 saturated heterocycles. The van der Waals surface area contributed by atoms with Crippen LogP contribution in [0.2, 0.25) is 0 Å². The Hall–Kier alpha value is -2.46. The number of carbonyl (C=O) groups excluding carboxylic acids is 1. The number of aromatic nitrogens is 1. The lowest BCUT2D eigenvalue weighted by Gasteiger charge is -2.15. The van der Waals surface area contributed by atoms with Crippen molar-refractivity contribution in [2.45, 2.75) is 24.8 Å². The Morgan fingerprint density at radius 3 is 2.82 bits per heavy atom. The Morgan fingerprint density at radius 1 is 1.39 bits per heavy atom. The molecule has 1 aliphatic heterocycles. The molecular formula is C18H21F3N2O5. The number of rotatable bonds is 7. The summed E-state index contributed by atoms with van der Waals surface area (Å²) >= 11 is 0. The number of hydrogen-bond donors (Lipinski definition) is 1. The number of aliphatic hydroxyl groups excluding tert-OH is 1. The highest BCUT2D eigenvalue weighted by Crippen LogP contribution is 2.34. The van der Waals surface area contributed by atoms with E-state index in [2.05, 4.69) is 0 Å². The van der Waals surface area contributed by atoms with Crippen LogP contribution in [0.15, 0.2) is 24.4 Å². The Balaban J connectivity index is 1.74. The van der Waals surface area contributed by atoms with Gasteiger partial charge in [-0.2, -0.15) is 13.2 Å². The fourth-order valence-corrected chi connectivity index (χ4v) is 3.09. The van der Waals surface area contributed by atoms with Crippen LogP contribution in [0.3, 0.4) is 0 Å². The van der Waals surface area contributed by atoms with E-state index in [-0.39, 0.29) is 12.7 Å². The molecule has 0 unspecified atom stereocenters. The smallest absolute Gasteiger partial charge is 0.414 e. The first-order chi connectivity index (χ1) is 13.2. The second-order valence-electron chi connectivity index (χ2n) is 6.57. The number of methoxy groups -OCH3 is 1. The summed E-state index contributed by atoms with van der Waals surface area (Å²) in [7, 11) is 3.32. The van der Waals surface area contributed by atoms with Gasteiger partial charge in [0.15, 0.2) is 6.10 Å². The van der Waals surface area contributed by atoms with Gasteiger partial charge in [0.25, 0.3) is 0 Å². The van der Waals surface area contributed by atoms with Crippen LogP contribution in [0.4, 0.5) is 23.7 Å². The third kappa shape index (κ3) is 4.17. The zero-order valence-electron chi connectivity index (χ0n) is 15.4. The van der Waals surface area contributed by atoms with Crippen molar-refractivity contribution in [1.29, 1.82) is 0 Å². The number of benzene rings is 1. The number of fused-ring (bicyclic) bond motifs is 1. The van der Waals surface area contributed by atoms with E-state index in [1.165, 1.54) is 12.0 Å². The largest absolute Gasteiger partial charge is 0.493 e. The zero-order valence-corrected chi connectivity index (χ0v) is 15.4. The highest BCUT2D eigenvalue weighted by Gasteiger charge is 2.38. The summed E-state index contributed by atoms with van der Waals surface area (Å²) in [6, 6.07) is 5.02. The summed E-state index contributed by atoms with van der Waals surface area (Å²) in [6.45, 7) is 0.384. The van der Waals surface area contributed by atoms with E-state index in [0.29, 0.717) is 24.6 Å². The second kappa shape index (κ2) is 7.88. The Morgan fingerprint density at radius 2 is 2.14 bits per heavy atom. The van der Waals surface area contributed by atoms with Crippen molar-refractivity contribution >= 4 is 22.7 Å². The molecule has 0 bridgehead atoms. The van der Waals surface area contributed by atoms with Crippen molar-refractivity contribution in [3.8, 4) is 5.75 Å². The summed E-state index contributed by atoms with van der Waals surface area (Å²) in [4.78, 5) is 13.7. The van der Waals surface area contributed by atoms with Crippen LogP contribution in [-0.2, 0) is 16.5 Å². The molecule has 2 aromatic rings. The number of amides is 1. The lowest BCUT2D eigenvalue weighted by atomic mass is 10.2. The van der Waals surface area contributed by atoms with Gasteiger partial charge in [-0.3, -0.25) is 4.90 Å². The average Bonchev–Trinajstić information content (AvgIpc) is 3.14. The number of aliphatic hydroxyl groups is 1. The van der Waals surface area contributed by atoms with E-state index >= 15 is 0 Å². The van der Waals surface area contributed by atoms with E-state index in [1.54, 1.807) is 36.0 Å². The van der Waals surface area contributed by atoms with E-state index in [1.807, 2.05) is 0 Å². The van der Waals surface area contributed by atoms with Gasteiger partial charge in [0.1, 0.15) is 11.9 Å². The fraction of sp³-hybridized carbons (Fsp3) is 0.500. The molecule has 1 aromatic heterocycles. The van der Waals surface area contributed by atoms with Crippen LogP contribution in [0.1, 0.15) is 6.42 Å². The fourth-order valence-electron chi connectivity index (χ4n) is 3.09. The van der Waals surface area contributed by atoms with E-state index in [0.717, 1.165) is 10.9 Å². The molecule has 0 radical (unpaired) electrons. The summed E-state index contributed by atoms with van der Waals surface area (Å²) in [5.41, 5.74) is 1.41. The lowest BCUT2D eigenvalue weighted by Crippen LogP contribution is -2.30. The zero-order chi connectivity index (χ0) is 20.5. The molecule has 0 saturated carbocycles. The molecule has 7 nitrogen and oxygen atoms in total. The molecule has 3 rings (SSSR count). The van der Waals surface area contributed by atoms with Crippen molar-refractivity contribution in [1.82, 2.24) is 4.57 Å². The molecule has 1 N–H and O–H groups in total. The van der Waals surface area contributed by atoms with Gasteiger partial charge in [-0.25, -0.2) is 4.79 Å². The highest BCUT2D eigenvalue weighted by molar-refractivity contribution is 6.02. The first-order valence-electron chi connectivity index (χ1n) is 8.64. The standard InChI is InChI=1S/C18H21F3N2O5/c1-22-9-15(23-8-12(10-26-2)28-17(23)25)13-4-3-11(7-14(13)22)27-6-5-16(24)18(19,20)21/h3-4,7,9,12,16,24H,5-6,8,10H2,1-2H3/t12-,16+/m0/s1. The third-order valence-corrected chi connectivity index (χ3v) is 4.50. The van der Waals surface area contributed by atoms with Crippen molar-refractivity contribution in [2.24, 2.45) is 7.05 Å². The van der Waals surface area contributed by atoms with Gasteiger partial charge in [-0.05, 0) is 12.1 Å². The number of carbonyl (C=O) groups is 1. The molecule has 1 aromatic carbocycles. The maximum absolute atomic E-state index is 12.3. The van der Waals surface area contributed by atoms with Crippen LogP contribution in [0, 0.1) is 0 Å². The van der Waals surface area contributed by atoms with Crippen molar-refractivity contribution < 1.29 is 37.3 Å². The molecule has 2 atom stereocenters. The second-order valence-corrected chi connectivity index (χ2v) is 6.57. The molecule has 1 fully saturated rings. The van der Waals surface area contributed by atoms with Crippen molar-refractivity contribution in [2.75, 3.05) is 31.8 Å². The number of alkyl halides is 3. The van der Waals surface area contributed by atoms with Crippen molar-refractivity contribution in [3.05, 3.63) is 24.4 Å². The molecule has 1 aliphatic rings. The minimum atomic E-state index is -4.66. The predicted molar refractivity (Wildman–Crippen MR) is 94.6 cm³/mol. The summed E-state index contributed by atoms with van der Waals surface area (Å²) in [5.74, 6) is 0.371. The molecule has 0 spiro atoms. The average molecular weight is 402 g/mol. The van der Waals surface area contributed by atoms with Gasteiger partial charge >= 0.3 is 12.3 Å². The van der Waals surface area contributed by atoms with Crippen molar-refractivity contribution in [3.63, 3.8) is 0 Å². The van der Waals surface area contributed by atoms with Gasteiger partial charge in [0.2, 0.25) is 0 Å². The number of hydrogen-bond acceptors (Lipinski definition) is 5. The van der Waals surface area contributed by atoms with E-state index < -0.39 is 24.8 Å². The first-order valence-corrected chi connectivity index (χ1v) is 8.64. The summed E-state index contributed by atoms with van der Waals surface area (Å²) < 4.78 is 54.4. The number of ether oxygens (including phenoxy) is 3. The van der Waals surface area contributed by atoms with Gasteiger partial charge in [0.05, 0.1) is 31.0 Å². The van der Waals surface area contributed by atoms with Crippen LogP contribution < -0.4 is 9.64 Å². The van der Waals surface area contributed by atoms with Gasteiger partial charge in [-0.1, -0.05) is 0 Å². The molecule has 10 heteroatoms. The topological polar surface area (TPSA) is 73.2 Å². The molecule has 1 amide bonds. The maximum Gasteiger partial charge on any atom is 0.414 e. The molecule has 2 heterocycles. The number of cyclic esters (lactones) is 1. The Labute approximate surface area is 159 Å². The lowest BCUT2D eigenvalue weighted by molar-refractivity contribution is -0.206. The molecule has 0 aliphatic carbocycles. The minimum Gasteiger partial charge on any atom is -0.493 e. The molecule has 154 valence electrons. The monoisotopic (exact) mass is 402 g/mol. The van der Waals surface area contributed by atoms with Crippen LogP contribution >= 0.6 is 0 Å². The molecule has 28 heavy (non-hydrogen) atoms. The van der Waals surface area contributed by atoms with Gasteiger partial charge in [0, 0.05) is 38.2 Å². The minimum absolute atomic E-state index is 0.277. The van der Waals surface area contributed by atoms with E-state index in [9.17, 15) is 18.0 Å². The number of anilines is 1. The SMILES string of the molecule is COC[C@@H]1CN(c2cn(C)c3cc(OCC[C@@H](O)C(F)(F)F)ccc23)C(=O)O1. The Bertz CT molecular complexity index is 852. The normalized spacial score (nSPS) is 18.6. The quantitative estimate of drug-likeness (QED) is 0.771. The molecular weight excluding hydrogens is 381 g/mol. The van der Waals surface area contributed by atoms with Crippen LogP contribution in [0.25, 0.3) is 10.9 Å². The van der Waals surface area contributed by atoms with Crippen LogP contribution in [0.5, 0.6) is 5.75 Å². The maximum atomic E-state index is 12.3. The number of nitrogens with zero attached hydrogens (tertiary/aromatic N) is 2. The number of halogens is 3. The Kier molecular flexibility index (Phi) is 5.71. The third-order valence-electron chi connectivity index (χ3n) is 4.50.